The molecule has 0 fully saturated rings. The Morgan fingerprint density at radius 1 is 1.42 bits per heavy atom. The van der Waals surface area contributed by atoms with Crippen molar-refractivity contribution in [3.63, 3.8) is 0 Å². The SMILES string of the molecule is CN=C(NC)NCc1ccc(OCC(F)(F)F)nc1. The van der Waals surface area contributed by atoms with Crippen molar-refractivity contribution in [2.45, 2.75) is 12.7 Å². The third-order valence-electron chi connectivity index (χ3n) is 2.10. The molecule has 0 saturated carbocycles. The minimum Gasteiger partial charge on any atom is -0.468 e. The number of ether oxygens (including phenoxy) is 1. The highest BCUT2D eigenvalue weighted by Crippen LogP contribution is 2.16. The van der Waals surface area contributed by atoms with Gasteiger partial charge in [0, 0.05) is 32.9 Å². The standard InChI is InChI=1S/C11H15F3N4O/c1-15-10(16-2)18-6-8-3-4-9(17-5-8)19-7-11(12,13)14/h3-5H,6-7H2,1-2H3,(H2,15,16,18). The van der Waals surface area contributed by atoms with E-state index >= 15 is 0 Å². The Morgan fingerprint density at radius 2 is 2.16 bits per heavy atom. The fourth-order valence-corrected chi connectivity index (χ4v) is 1.22. The molecule has 0 aliphatic heterocycles. The molecule has 0 aliphatic carbocycles. The molecule has 0 saturated heterocycles. The van der Waals surface area contributed by atoms with E-state index in [-0.39, 0.29) is 5.88 Å². The van der Waals surface area contributed by atoms with Crippen LogP contribution in [-0.2, 0) is 6.54 Å². The number of aromatic nitrogens is 1. The molecule has 0 radical (unpaired) electrons. The third kappa shape index (κ3) is 5.94. The van der Waals surface area contributed by atoms with E-state index in [1.54, 1.807) is 20.2 Å². The maximum atomic E-state index is 11.9. The zero-order valence-corrected chi connectivity index (χ0v) is 10.6. The van der Waals surface area contributed by atoms with E-state index in [9.17, 15) is 13.2 Å². The van der Waals surface area contributed by atoms with Crippen LogP contribution in [0, 0.1) is 0 Å². The van der Waals surface area contributed by atoms with Crippen LogP contribution in [0.5, 0.6) is 5.88 Å². The second-order valence-corrected chi connectivity index (χ2v) is 3.58. The number of hydrogen-bond donors (Lipinski definition) is 2. The van der Waals surface area contributed by atoms with Crippen LogP contribution in [0.25, 0.3) is 0 Å². The van der Waals surface area contributed by atoms with Crippen LogP contribution in [0.3, 0.4) is 0 Å². The summed E-state index contributed by atoms with van der Waals surface area (Å²) in [6, 6.07) is 3.03. The van der Waals surface area contributed by atoms with Crippen molar-refractivity contribution in [1.29, 1.82) is 0 Å². The first-order chi connectivity index (χ1) is 8.94. The average Bonchev–Trinajstić information content (AvgIpc) is 2.38. The maximum Gasteiger partial charge on any atom is 0.422 e. The first-order valence-electron chi connectivity index (χ1n) is 5.47. The van der Waals surface area contributed by atoms with Crippen molar-refractivity contribution in [1.82, 2.24) is 15.6 Å². The summed E-state index contributed by atoms with van der Waals surface area (Å²) in [5.41, 5.74) is 0.802. The molecule has 0 atom stereocenters. The van der Waals surface area contributed by atoms with E-state index in [1.165, 1.54) is 12.3 Å². The van der Waals surface area contributed by atoms with Crippen LogP contribution in [0.15, 0.2) is 23.3 Å². The number of nitrogens with one attached hydrogen (secondary N) is 2. The molecule has 1 heterocycles. The van der Waals surface area contributed by atoms with Gasteiger partial charge in [-0.25, -0.2) is 4.98 Å². The number of aliphatic imine (C=N–C) groups is 1. The highest BCUT2D eigenvalue weighted by molar-refractivity contribution is 5.79. The molecular weight excluding hydrogens is 261 g/mol. The van der Waals surface area contributed by atoms with Gasteiger partial charge in [0.2, 0.25) is 5.88 Å². The number of halogens is 3. The van der Waals surface area contributed by atoms with Crippen molar-refractivity contribution in [2.75, 3.05) is 20.7 Å². The maximum absolute atomic E-state index is 11.9. The largest absolute Gasteiger partial charge is 0.468 e. The number of nitrogens with zero attached hydrogens (tertiary/aromatic N) is 2. The fraction of sp³-hybridized carbons (Fsp3) is 0.455. The van der Waals surface area contributed by atoms with Gasteiger partial charge in [0.05, 0.1) is 0 Å². The minimum absolute atomic E-state index is 0.0564. The topological polar surface area (TPSA) is 58.5 Å². The van der Waals surface area contributed by atoms with Crippen molar-refractivity contribution in [3.8, 4) is 5.88 Å². The van der Waals surface area contributed by atoms with Crippen molar-refractivity contribution >= 4 is 5.96 Å². The second-order valence-electron chi connectivity index (χ2n) is 3.58. The van der Waals surface area contributed by atoms with Gasteiger partial charge in [-0.15, -0.1) is 0 Å². The molecule has 1 aromatic rings. The summed E-state index contributed by atoms with van der Waals surface area (Å²) in [6.07, 6.45) is -2.91. The molecule has 0 aromatic carbocycles. The lowest BCUT2D eigenvalue weighted by molar-refractivity contribution is -0.154. The van der Waals surface area contributed by atoms with Gasteiger partial charge in [-0.3, -0.25) is 4.99 Å². The van der Waals surface area contributed by atoms with Gasteiger partial charge in [-0.1, -0.05) is 6.07 Å². The molecule has 0 aliphatic rings. The van der Waals surface area contributed by atoms with Gasteiger partial charge in [0.1, 0.15) is 0 Å². The molecule has 1 rings (SSSR count). The lowest BCUT2D eigenvalue weighted by Gasteiger charge is -2.10. The Kier molecular flexibility index (Phi) is 5.40. The Morgan fingerprint density at radius 3 is 2.63 bits per heavy atom. The summed E-state index contributed by atoms with van der Waals surface area (Å²) in [5.74, 6) is 0.552. The van der Waals surface area contributed by atoms with Gasteiger partial charge in [-0.2, -0.15) is 13.2 Å². The van der Waals surface area contributed by atoms with Crippen LogP contribution in [-0.4, -0.2) is 37.8 Å². The fourth-order valence-electron chi connectivity index (χ4n) is 1.22. The molecule has 1 aromatic heterocycles. The highest BCUT2D eigenvalue weighted by Gasteiger charge is 2.28. The van der Waals surface area contributed by atoms with E-state index in [0.717, 1.165) is 5.56 Å². The van der Waals surface area contributed by atoms with Crippen LogP contribution >= 0.6 is 0 Å². The zero-order valence-electron chi connectivity index (χ0n) is 10.6. The first kappa shape index (κ1) is 15.1. The Balaban J connectivity index is 2.48. The molecule has 19 heavy (non-hydrogen) atoms. The normalized spacial score (nSPS) is 12.2. The molecule has 2 N–H and O–H groups in total. The minimum atomic E-state index is -4.36. The van der Waals surface area contributed by atoms with Crippen molar-refractivity contribution in [3.05, 3.63) is 23.9 Å². The Labute approximate surface area is 108 Å². The summed E-state index contributed by atoms with van der Waals surface area (Å²) >= 11 is 0. The van der Waals surface area contributed by atoms with Gasteiger partial charge < -0.3 is 15.4 Å². The summed E-state index contributed by atoms with van der Waals surface area (Å²) in [5, 5.41) is 5.83. The monoisotopic (exact) mass is 276 g/mol. The lowest BCUT2D eigenvalue weighted by atomic mass is 10.3. The lowest BCUT2D eigenvalue weighted by Crippen LogP contribution is -2.34. The van der Waals surface area contributed by atoms with Crippen molar-refractivity contribution < 1.29 is 17.9 Å². The predicted molar refractivity (Wildman–Crippen MR) is 65.0 cm³/mol. The Hall–Kier alpha value is -1.99. The highest BCUT2D eigenvalue weighted by atomic mass is 19.4. The van der Waals surface area contributed by atoms with E-state index < -0.39 is 12.8 Å². The molecule has 0 unspecified atom stereocenters. The summed E-state index contributed by atoms with van der Waals surface area (Å²) < 4.78 is 40.3. The van der Waals surface area contributed by atoms with Crippen molar-refractivity contribution in [2.24, 2.45) is 4.99 Å². The average molecular weight is 276 g/mol. The van der Waals surface area contributed by atoms with Gasteiger partial charge in [0.15, 0.2) is 12.6 Å². The number of pyridine rings is 1. The molecule has 5 nitrogen and oxygen atoms in total. The number of rotatable bonds is 4. The third-order valence-corrected chi connectivity index (χ3v) is 2.10. The molecular formula is C11H15F3N4O. The van der Waals surface area contributed by atoms with Crippen LogP contribution in [0.2, 0.25) is 0 Å². The number of guanidine groups is 1. The summed E-state index contributed by atoms with van der Waals surface area (Å²) in [7, 11) is 3.35. The van der Waals surface area contributed by atoms with Crippen LogP contribution in [0.4, 0.5) is 13.2 Å². The number of alkyl halides is 3. The Bertz CT molecular complexity index is 417. The summed E-state index contributed by atoms with van der Waals surface area (Å²) in [4.78, 5) is 7.71. The van der Waals surface area contributed by atoms with E-state index in [4.69, 9.17) is 0 Å². The smallest absolute Gasteiger partial charge is 0.422 e. The summed E-state index contributed by atoms with van der Waals surface area (Å²) in [6.45, 7) is -0.885. The van der Waals surface area contributed by atoms with Gasteiger partial charge in [0.25, 0.3) is 0 Å². The zero-order chi connectivity index (χ0) is 14.3. The van der Waals surface area contributed by atoms with Crippen LogP contribution in [0.1, 0.15) is 5.56 Å². The predicted octanol–water partition coefficient (Wildman–Crippen LogP) is 1.32. The second kappa shape index (κ2) is 6.81. The van der Waals surface area contributed by atoms with Gasteiger partial charge in [-0.05, 0) is 5.56 Å². The molecule has 0 amide bonds. The van der Waals surface area contributed by atoms with E-state index in [1.807, 2.05) is 0 Å². The molecule has 0 bridgehead atoms. The molecule has 0 spiro atoms. The first-order valence-corrected chi connectivity index (χ1v) is 5.47. The quantitative estimate of drug-likeness (QED) is 0.643. The van der Waals surface area contributed by atoms with Gasteiger partial charge >= 0.3 is 6.18 Å². The molecule has 8 heteroatoms. The number of hydrogen-bond acceptors (Lipinski definition) is 3. The molecule has 106 valence electrons. The van der Waals surface area contributed by atoms with E-state index in [0.29, 0.717) is 12.5 Å². The van der Waals surface area contributed by atoms with Crippen LogP contribution < -0.4 is 15.4 Å². The van der Waals surface area contributed by atoms with E-state index in [2.05, 4.69) is 25.3 Å².